The van der Waals surface area contributed by atoms with Gasteiger partial charge in [0.15, 0.2) is 6.29 Å². The summed E-state index contributed by atoms with van der Waals surface area (Å²) in [5.41, 5.74) is 3.45. The molecule has 1 saturated heterocycles. The summed E-state index contributed by atoms with van der Waals surface area (Å²) in [5.74, 6) is 1.44. The molecule has 0 aliphatic carbocycles. The van der Waals surface area contributed by atoms with E-state index in [9.17, 15) is 0 Å². The number of unbranched alkanes of at least 4 members (excludes halogenated alkanes) is 4. The Morgan fingerprint density at radius 1 is 0.938 bits per heavy atom. The van der Waals surface area contributed by atoms with E-state index in [1.165, 1.54) is 36.8 Å². The molecular formula is C29H40O3. The summed E-state index contributed by atoms with van der Waals surface area (Å²) in [4.78, 5) is 0. The second-order valence-electron chi connectivity index (χ2n) is 9.01. The maximum atomic E-state index is 6.09. The highest BCUT2D eigenvalue weighted by atomic mass is 16.7. The van der Waals surface area contributed by atoms with Crippen LogP contribution in [0.3, 0.4) is 0 Å². The minimum absolute atomic E-state index is 0.255. The molecule has 32 heavy (non-hydrogen) atoms. The molecule has 3 rings (SSSR count). The van der Waals surface area contributed by atoms with Crippen molar-refractivity contribution >= 4 is 0 Å². The number of hydrogen-bond acceptors (Lipinski definition) is 3. The topological polar surface area (TPSA) is 27.7 Å². The summed E-state index contributed by atoms with van der Waals surface area (Å²) >= 11 is 0. The fourth-order valence-corrected chi connectivity index (χ4v) is 4.16. The summed E-state index contributed by atoms with van der Waals surface area (Å²) in [7, 11) is 0. The molecule has 0 unspecified atom stereocenters. The van der Waals surface area contributed by atoms with E-state index in [-0.39, 0.29) is 12.4 Å². The minimum Gasteiger partial charge on any atom is -0.491 e. The van der Waals surface area contributed by atoms with E-state index in [4.69, 9.17) is 14.2 Å². The van der Waals surface area contributed by atoms with E-state index in [0.29, 0.717) is 5.92 Å². The SMILES string of the molecule is C=CCCCC1COC(c2ccc(-c3ccc(O[C@@H](C)CCCCCC)cc3)cc2)OC1. The second-order valence-corrected chi connectivity index (χ2v) is 9.01. The van der Waals surface area contributed by atoms with Crippen molar-refractivity contribution in [2.45, 2.75) is 77.6 Å². The fourth-order valence-electron chi connectivity index (χ4n) is 4.16. The van der Waals surface area contributed by atoms with Gasteiger partial charge in [0.2, 0.25) is 0 Å². The van der Waals surface area contributed by atoms with Gasteiger partial charge in [0.05, 0.1) is 19.3 Å². The third-order valence-electron chi connectivity index (χ3n) is 6.16. The minimum atomic E-state index is -0.255. The maximum Gasteiger partial charge on any atom is 0.183 e. The molecule has 0 aromatic heterocycles. The van der Waals surface area contributed by atoms with Crippen LogP contribution in [0.25, 0.3) is 11.1 Å². The standard InChI is InChI=1S/C29H40O3/c1-4-6-8-10-11-23(3)32-28-19-17-26(18-20-28)25-13-15-27(16-14-25)29-30-21-24(22-31-29)12-9-7-5-2/h5,13-20,23-24,29H,2,4,6-12,21-22H2,1,3H3/t23-,24?,29?/m0/s1. The predicted molar refractivity (Wildman–Crippen MR) is 133 cm³/mol. The lowest BCUT2D eigenvalue weighted by Gasteiger charge is -2.29. The molecular weight excluding hydrogens is 396 g/mol. The molecule has 0 N–H and O–H groups in total. The zero-order valence-corrected chi connectivity index (χ0v) is 19.9. The van der Waals surface area contributed by atoms with E-state index in [1.54, 1.807) is 0 Å². The second kappa shape index (κ2) is 13.4. The highest BCUT2D eigenvalue weighted by Gasteiger charge is 2.23. The van der Waals surface area contributed by atoms with Gasteiger partial charge in [0, 0.05) is 11.5 Å². The third kappa shape index (κ3) is 7.79. The van der Waals surface area contributed by atoms with E-state index in [1.807, 2.05) is 6.08 Å². The monoisotopic (exact) mass is 436 g/mol. The van der Waals surface area contributed by atoms with E-state index >= 15 is 0 Å². The van der Waals surface area contributed by atoms with Crippen LogP contribution in [0.15, 0.2) is 61.2 Å². The summed E-state index contributed by atoms with van der Waals surface area (Å²) in [6.07, 6.45) is 11.6. The molecule has 0 amide bonds. The first kappa shape index (κ1) is 24.5. The van der Waals surface area contributed by atoms with Crippen LogP contribution in [-0.4, -0.2) is 19.3 Å². The number of benzene rings is 2. The van der Waals surface area contributed by atoms with Gasteiger partial charge in [-0.1, -0.05) is 68.7 Å². The van der Waals surface area contributed by atoms with Crippen LogP contribution in [0.5, 0.6) is 5.75 Å². The molecule has 2 aromatic carbocycles. The van der Waals surface area contributed by atoms with Gasteiger partial charge in [0.1, 0.15) is 5.75 Å². The number of allylic oxidation sites excluding steroid dienone is 1. The molecule has 3 heteroatoms. The quantitative estimate of drug-likeness (QED) is 0.234. The first-order chi connectivity index (χ1) is 15.7. The molecule has 1 fully saturated rings. The van der Waals surface area contributed by atoms with Crippen LogP contribution in [0.2, 0.25) is 0 Å². The molecule has 174 valence electrons. The number of ether oxygens (including phenoxy) is 3. The molecule has 1 heterocycles. The highest BCUT2D eigenvalue weighted by molar-refractivity contribution is 5.64. The van der Waals surface area contributed by atoms with Crippen molar-refractivity contribution in [1.82, 2.24) is 0 Å². The van der Waals surface area contributed by atoms with Crippen LogP contribution in [-0.2, 0) is 9.47 Å². The Morgan fingerprint density at radius 3 is 2.22 bits per heavy atom. The van der Waals surface area contributed by atoms with Gasteiger partial charge in [-0.15, -0.1) is 6.58 Å². The summed E-state index contributed by atoms with van der Waals surface area (Å²) in [5, 5.41) is 0. The highest BCUT2D eigenvalue weighted by Crippen LogP contribution is 2.30. The molecule has 1 atom stereocenters. The summed E-state index contributed by atoms with van der Waals surface area (Å²) < 4.78 is 18.1. The van der Waals surface area contributed by atoms with Crippen LogP contribution in [0.4, 0.5) is 0 Å². The van der Waals surface area contributed by atoms with Crippen molar-refractivity contribution in [3.63, 3.8) is 0 Å². The molecule has 2 aromatic rings. The molecule has 3 nitrogen and oxygen atoms in total. The average molecular weight is 437 g/mol. The zero-order valence-electron chi connectivity index (χ0n) is 19.9. The molecule has 0 spiro atoms. The van der Waals surface area contributed by atoms with Crippen molar-refractivity contribution in [2.24, 2.45) is 5.92 Å². The van der Waals surface area contributed by atoms with Crippen molar-refractivity contribution in [3.8, 4) is 16.9 Å². The van der Waals surface area contributed by atoms with Crippen LogP contribution >= 0.6 is 0 Å². The molecule has 1 aliphatic rings. The molecule has 0 saturated carbocycles. The van der Waals surface area contributed by atoms with Gasteiger partial charge in [-0.3, -0.25) is 0 Å². The Hall–Kier alpha value is -2.10. The lowest BCUT2D eigenvalue weighted by atomic mass is 10.0. The Labute approximate surface area is 194 Å². The van der Waals surface area contributed by atoms with Crippen molar-refractivity contribution in [2.75, 3.05) is 13.2 Å². The lowest BCUT2D eigenvalue weighted by Crippen LogP contribution is -2.27. The van der Waals surface area contributed by atoms with Crippen LogP contribution in [0, 0.1) is 5.92 Å². The fraction of sp³-hybridized carbons (Fsp3) is 0.517. The lowest BCUT2D eigenvalue weighted by molar-refractivity contribution is -0.206. The Balaban J connectivity index is 1.47. The van der Waals surface area contributed by atoms with Gasteiger partial charge in [-0.05, 0) is 62.3 Å². The van der Waals surface area contributed by atoms with Crippen molar-refractivity contribution in [1.29, 1.82) is 0 Å². The van der Waals surface area contributed by atoms with Gasteiger partial charge in [-0.25, -0.2) is 0 Å². The zero-order chi connectivity index (χ0) is 22.6. The third-order valence-corrected chi connectivity index (χ3v) is 6.16. The van der Waals surface area contributed by atoms with Gasteiger partial charge in [-0.2, -0.15) is 0 Å². The first-order valence-corrected chi connectivity index (χ1v) is 12.4. The predicted octanol–water partition coefficient (Wildman–Crippen LogP) is 8.11. The van der Waals surface area contributed by atoms with Crippen molar-refractivity contribution in [3.05, 3.63) is 66.7 Å². The van der Waals surface area contributed by atoms with E-state index in [2.05, 4.69) is 69.0 Å². The van der Waals surface area contributed by atoms with Gasteiger partial charge < -0.3 is 14.2 Å². The Kier molecular flexibility index (Phi) is 10.3. The smallest absolute Gasteiger partial charge is 0.183 e. The first-order valence-electron chi connectivity index (χ1n) is 12.4. The molecule has 1 aliphatic heterocycles. The van der Waals surface area contributed by atoms with Crippen molar-refractivity contribution < 1.29 is 14.2 Å². The largest absolute Gasteiger partial charge is 0.491 e. The Morgan fingerprint density at radius 2 is 1.59 bits per heavy atom. The van der Waals surface area contributed by atoms with Crippen LogP contribution < -0.4 is 4.74 Å². The van der Waals surface area contributed by atoms with E-state index < -0.39 is 0 Å². The summed E-state index contributed by atoms with van der Waals surface area (Å²) in [6.45, 7) is 9.73. The molecule has 0 radical (unpaired) electrons. The Bertz CT molecular complexity index is 773. The van der Waals surface area contributed by atoms with Gasteiger partial charge in [0.25, 0.3) is 0 Å². The number of hydrogen-bond donors (Lipinski definition) is 0. The maximum absolute atomic E-state index is 6.09. The van der Waals surface area contributed by atoms with Gasteiger partial charge >= 0.3 is 0 Å². The normalized spacial score (nSPS) is 19.4. The van der Waals surface area contributed by atoms with E-state index in [0.717, 1.165) is 50.2 Å². The molecule has 0 bridgehead atoms. The summed E-state index contributed by atoms with van der Waals surface area (Å²) in [6, 6.07) is 16.9. The number of rotatable bonds is 13. The van der Waals surface area contributed by atoms with Crippen LogP contribution in [0.1, 0.15) is 77.1 Å². The average Bonchev–Trinajstić information content (AvgIpc) is 2.83.